The first-order chi connectivity index (χ1) is 9.01. The molecule has 0 spiro atoms. The van der Waals surface area contributed by atoms with Crippen molar-refractivity contribution in [3.05, 3.63) is 52.3 Å². The molecule has 0 bridgehead atoms. The zero-order valence-corrected chi connectivity index (χ0v) is 12.0. The molecule has 1 aromatic heterocycles. The Bertz CT molecular complexity index is 611. The molecule has 0 radical (unpaired) electrons. The average Bonchev–Trinajstić information content (AvgIpc) is 2.69. The topological polar surface area (TPSA) is 34.9 Å². The molecule has 0 saturated heterocycles. The van der Waals surface area contributed by atoms with E-state index >= 15 is 0 Å². The Hall–Kier alpha value is -1.90. The van der Waals surface area contributed by atoms with Crippen molar-refractivity contribution in [1.82, 2.24) is 9.78 Å². The monoisotopic (exact) mass is 256 g/mol. The lowest BCUT2D eigenvalue weighted by Crippen LogP contribution is -2.10. The summed E-state index contributed by atoms with van der Waals surface area (Å²) in [7, 11) is 0. The fourth-order valence-corrected chi connectivity index (χ4v) is 2.40. The smallest absolute Gasteiger partial charge is 0.169 e. The summed E-state index contributed by atoms with van der Waals surface area (Å²) in [5.41, 5.74) is 5.00. The summed E-state index contributed by atoms with van der Waals surface area (Å²) in [6.07, 6.45) is 0.415. The summed E-state index contributed by atoms with van der Waals surface area (Å²) >= 11 is 0. The highest BCUT2D eigenvalue weighted by molar-refractivity contribution is 5.98. The van der Waals surface area contributed by atoms with Crippen LogP contribution in [-0.4, -0.2) is 15.6 Å². The zero-order chi connectivity index (χ0) is 14.0. The van der Waals surface area contributed by atoms with Gasteiger partial charge in [0.25, 0.3) is 0 Å². The van der Waals surface area contributed by atoms with Crippen LogP contribution in [-0.2, 0) is 13.0 Å². The fraction of sp³-hybridized carbons (Fsp3) is 0.375. The summed E-state index contributed by atoms with van der Waals surface area (Å²) in [6, 6.07) is 7.95. The Morgan fingerprint density at radius 2 is 1.95 bits per heavy atom. The first-order valence-electron chi connectivity index (χ1n) is 6.65. The van der Waals surface area contributed by atoms with E-state index in [1.54, 1.807) is 0 Å². The van der Waals surface area contributed by atoms with Gasteiger partial charge in [-0.25, -0.2) is 0 Å². The summed E-state index contributed by atoms with van der Waals surface area (Å²) in [5.74, 6) is 0.159. The molecule has 1 heterocycles. The van der Waals surface area contributed by atoms with Crippen molar-refractivity contribution in [3.8, 4) is 0 Å². The minimum Gasteiger partial charge on any atom is -0.294 e. The van der Waals surface area contributed by atoms with E-state index in [1.807, 2.05) is 50.6 Å². The van der Waals surface area contributed by atoms with Crippen molar-refractivity contribution in [2.45, 2.75) is 40.7 Å². The van der Waals surface area contributed by atoms with Crippen molar-refractivity contribution in [2.24, 2.45) is 0 Å². The van der Waals surface area contributed by atoms with E-state index in [9.17, 15) is 4.79 Å². The van der Waals surface area contributed by atoms with Crippen LogP contribution in [0, 0.1) is 20.8 Å². The number of hydrogen-bond donors (Lipinski definition) is 0. The molecule has 19 heavy (non-hydrogen) atoms. The second-order valence-corrected chi connectivity index (χ2v) is 5.01. The van der Waals surface area contributed by atoms with Crippen molar-refractivity contribution in [3.63, 3.8) is 0 Å². The van der Waals surface area contributed by atoms with Gasteiger partial charge in [0.15, 0.2) is 5.78 Å². The molecule has 1 aromatic carbocycles. The van der Waals surface area contributed by atoms with Gasteiger partial charge in [-0.3, -0.25) is 9.48 Å². The van der Waals surface area contributed by atoms with Gasteiger partial charge in [-0.2, -0.15) is 5.10 Å². The highest BCUT2D eigenvalue weighted by Crippen LogP contribution is 2.14. The number of benzene rings is 1. The Balaban J connectivity index is 2.25. The standard InChI is InChI=1S/C16H20N2O/c1-5-18-14(9-13(4)17-18)10-16(19)15-7-6-11(2)8-12(15)3/h6-9H,5,10H2,1-4H3. The predicted molar refractivity (Wildman–Crippen MR) is 76.6 cm³/mol. The van der Waals surface area contributed by atoms with Crippen molar-refractivity contribution in [1.29, 1.82) is 0 Å². The lowest BCUT2D eigenvalue weighted by atomic mass is 9.99. The van der Waals surface area contributed by atoms with Gasteiger partial charge in [-0.05, 0) is 39.3 Å². The van der Waals surface area contributed by atoms with E-state index in [1.165, 1.54) is 5.56 Å². The van der Waals surface area contributed by atoms with Gasteiger partial charge in [0.05, 0.1) is 12.1 Å². The molecule has 0 atom stereocenters. The lowest BCUT2D eigenvalue weighted by molar-refractivity contribution is 0.0990. The first-order valence-corrected chi connectivity index (χ1v) is 6.65. The maximum Gasteiger partial charge on any atom is 0.169 e. The van der Waals surface area contributed by atoms with Crippen LogP contribution in [0.4, 0.5) is 0 Å². The van der Waals surface area contributed by atoms with Crippen LogP contribution in [0.5, 0.6) is 0 Å². The van der Waals surface area contributed by atoms with Crippen LogP contribution in [0.25, 0.3) is 0 Å². The third-order valence-electron chi connectivity index (χ3n) is 3.31. The van der Waals surface area contributed by atoms with E-state index in [0.29, 0.717) is 6.42 Å². The quantitative estimate of drug-likeness (QED) is 0.787. The molecular weight excluding hydrogens is 236 g/mol. The normalized spacial score (nSPS) is 10.7. The van der Waals surface area contributed by atoms with Gasteiger partial charge in [-0.15, -0.1) is 0 Å². The Kier molecular flexibility index (Phi) is 3.84. The van der Waals surface area contributed by atoms with Crippen molar-refractivity contribution in [2.75, 3.05) is 0 Å². The number of hydrogen-bond acceptors (Lipinski definition) is 2. The number of nitrogens with zero attached hydrogens (tertiary/aromatic N) is 2. The largest absolute Gasteiger partial charge is 0.294 e. The van der Waals surface area contributed by atoms with Crippen LogP contribution < -0.4 is 0 Å². The molecule has 0 N–H and O–H groups in total. The van der Waals surface area contributed by atoms with E-state index in [4.69, 9.17) is 0 Å². The third-order valence-corrected chi connectivity index (χ3v) is 3.31. The van der Waals surface area contributed by atoms with Gasteiger partial charge in [-0.1, -0.05) is 23.8 Å². The Labute approximate surface area is 114 Å². The van der Waals surface area contributed by atoms with Gasteiger partial charge < -0.3 is 0 Å². The number of carbonyl (C=O) groups excluding carboxylic acids is 1. The van der Waals surface area contributed by atoms with Crippen LogP contribution in [0.2, 0.25) is 0 Å². The highest BCUT2D eigenvalue weighted by atomic mass is 16.1. The van der Waals surface area contributed by atoms with Crippen LogP contribution in [0.1, 0.15) is 39.8 Å². The maximum absolute atomic E-state index is 12.4. The lowest BCUT2D eigenvalue weighted by Gasteiger charge is -2.07. The molecule has 0 amide bonds. The average molecular weight is 256 g/mol. The molecule has 2 rings (SSSR count). The molecule has 0 saturated carbocycles. The predicted octanol–water partition coefficient (Wildman–Crippen LogP) is 3.25. The van der Waals surface area contributed by atoms with E-state index in [-0.39, 0.29) is 5.78 Å². The molecule has 3 heteroatoms. The number of carbonyl (C=O) groups is 1. The third kappa shape index (κ3) is 2.92. The number of rotatable bonds is 4. The van der Waals surface area contributed by atoms with E-state index < -0.39 is 0 Å². The van der Waals surface area contributed by atoms with Gasteiger partial charge in [0.2, 0.25) is 0 Å². The molecule has 0 unspecified atom stereocenters. The molecular formula is C16H20N2O. The minimum atomic E-state index is 0.159. The van der Waals surface area contributed by atoms with Gasteiger partial charge in [0, 0.05) is 17.8 Å². The molecule has 3 nitrogen and oxygen atoms in total. The molecule has 2 aromatic rings. The SMILES string of the molecule is CCn1nc(C)cc1CC(=O)c1ccc(C)cc1C. The van der Waals surface area contributed by atoms with Crippen molar-refractivity contribution < 1.29 is 4.79 Å². The Morgan fingerprint density at radius 3 is 2.58 bits per heavy atom. The molecule has 0 fully saturated rings. The highest BCUT2D eigenvalue weighted by Gasteiger charge is 2.13. The number of aryl methyl sites for hydroxylation is 4. The number of Topliss-reactive ketones (excluding diaryl/α,β-unsaturated/α-hetero) is 1. The van der Waals surface area contributed by atoms with Gasteiger partial charge in [0.1, 0.15) is 0 Å². The van der Waals surface area contributed by atoms with E-state index in [2.05, 4.69) is 11.2 Å². The first kappa shape index (κ1) is 13.5. The fourth-order valence-electron chi connectivity index (χ4n) is 2.40. The number of aromatic nitrogens is 2. The minimum absolute atomic E-state index is 0.159. The summed E-state index contributed by atoms with van der Waals surface area (Å²) in [6.45, 7) is 8.82. The summed E-state index contributed by atoms with van der Waals surface area (Å²) in [4.78, 5) is 12.4. The van der Waals surface area contributed by atoms with Crippen LogP contribution >= 0.6 is 0 Å². The summed E-state index contributed by atoms with van der Waals surface area (Å²) < 4.78 is 1.90. The molecule has 0 aliphatic carbocycles. The maximum atomic E-state index is 12.4. The Morgan fingerprint density at radius 1 is 1.21 bits per heavy atom. The second kappa shape index (κ2) is 5.39. The molecule has 0 aliphatic rings. The molecule has 100 valence electrons. The van der Waals surface area contributed by atoms with E-state index in [0.717, 1.165) is 29.1 Å². The summed E-state index contributed by atoms with van der Waals surface area (Å²) in [5, 5.41) is 4.38. The zero-order valence-electron chi connectivity index (χ0n) is 12.0. The van der Waals surface area contributed by atoms with Gasteiger partial charge >= 0.3 is 0 Å². The second-order valence-electron chi connectivity index (χ2n) is 5.01. The molecule has 0 aliphatic heterocycles. The van der Waals surface area contributed by atoms with Crippen LogP contribution in [0.3, 0.4) is 0 Å². The van der Waals surface area contributed by atoms with Crippen LogP contribution in [0.15, 0.2) is 24.3 Å². The van der Waals surface area contributed by atoms with Crippen molar-refractivity contribution >= 4 is 5.78 Å². The number of ketones is 1.